The van der Waals surface area contributed by atoms with Crippen LogP contribution in [0.4, 0.5) is 11.4 Å². The van der Waals surface area contributed by atoms with E-state index in [0.29, 0.717) is 29.2 Å². The molecule has 2 aromatic rings. The summed E-state index contributed by atoms with van der Waals surface area (Å²) >= 11 is 0. The lowest BCUT2D eigenvalue weighted by Gasteiger charge is -2.25. The van der Waals surface area contributed by atoms with Crippen LogP contribution in [0.15, 0.2) is 52.7 Å². The first-order valence-electron chi connectivity index (χ1n) is 13.9. The van der Waals surface area contributed by atoms with Gasteiger partial charge in [-0.15, -0.1) is 0 Å². The summed E-state index contributed by atoms with van der Waals surface area (Å²) < 4.78 is 0. The van der Waals surface area contributed by atoms with Crippen molar-refractivity contribution in [2.75, 3.05) is 5.32 Å². The number of hydrogen-bond donors (Lipinski definition) is 1. The zero-order valence-corrected chi connectivity index (χ0v) is 25.6. The normalized spacial score (nSPS) is 13.6. The third-order valence-electron chi connectivity index (χ3n) is 6.95. The number of Topliss-reactive ketones (excluding diaryl/α,β-unsaturated/α-hetero) is 1. The monoisotopic (exact) mass is 502 g/mol. The van der Waals surface area contributed by atoms with Crippen LogP contribution < -0.4 is 5.32 Å². The molecule has 0 aliphatic heterocycles. The van der Waals surface area contributed by atoms with Crippen LogP contribution in [-0.4, -0.2) is 11.5 Å². The van der Waals surface area contributed by atoms with E-state index in [1.807, 2.05) is 34.6 Å². The minimum Gasteiger partial charge on any atom is -0.358 e. The third-order valence-corrected chi connectivity index (χ3v) is 6.95. The van der Waals surface area contributed by atoms with Crippen LogP contribution in [-0.2, 0) is 4.79 Å². The number of aliphatic imine (C=N–C) groups is 1. The first-order chi connectivity index (χ1) is 17.1. The highest BCUT2D eigenvalue weighted by atomic mass is 16.1. The Labute approximate surface area is 226 Å². The van der Waals surface area contributed by atoms with Crippen LogP contribution >= 0.6 is 0 Å². The number of para-hydroxylation sites is 2. The lowest BCUT2D eigenvalue weighted by Crippen LogP contribution is -2.27. The lowest BCUT2D eigenvalue weighted by atomic mass is 9.83. The van der Waals surface area contributed by atoms with Gasteiger partial charge in [-0.2, -0.15) is 0 Å². The summed E-state index contributed by atoms with van der Waals surface area (Å²) in [6, 6.07) is 13.0. The Balaban J connectivity index is 2.84. The number of carbonyl (C=O) groups excluding carboxylic acids is 1. The molecule has 2 rings (SSSR count). The maximum absolute atomic E-state index is 13.9. The van der Waals surface area contributed by atoms with Crippen LogP contribution in [0, 0.1) is 5.41 Å². The first kappa shape index (κ1) is 30.5. The minimum atomic E-state index is -0.536. The molecule has 37 heavy (non-hydrogen) atoms. The molecule has 1 N–H and O–H groups in total. The van der Waals surface area contributed by atoms with E-state index in [9.17, 15) is 4.79 Å². The molecule has 0 unspecified atom stereocenters. The highest BCUT2D eigenvalue weighted by molar-refractivity contribution is 6.24. The number of nitrogens with zero attached hydrogens (tertiary/aromatic N) is 1. The second kappa shape index (κ2) is 12.2. The molecule has 0 aromatic heterocycles. The van der Waals surface area contributed by atoms with Gasteiger partial charge in [-0.3, -0.25) is 9.79 Å². The summed E-state index contributed by atoms with van der Waals surface area (Å²) in [5.41, 5.74) is 8.81. The van der Waals surface area contributed by atoms with Gasteiger partial charge in [-0.25, -0.2) is 0 Å². The Bertz CT molecular complexity index is 1120. The molecule has 0 bridgehead atoms. The van der Waals surface area contributed by atoms with E-state index in [2.05, 4.69) is 97.1 Å². The van der Waals surface area contributed by atoms with Crippen LogP contribution in [0.2, 0.25) is 0 Å². The number of hydrogen-bond acceptors (Lipinski definition) is 3. The van der Waals surface area contributed by atoms with Gasteiger partial charge >= 0.3 is 0 Å². The Morgan fingerprint density at radius 3 is 1.43 bits per heavy atom. The van der Waals surface area contributed by atoms with Gasteiger partial charge in [0, 0.05) is 16.8 Å². The largest absolute Gasteiger partial charge is 0.358 e. The summed E-state index contributed by atoms with van der Waals surface area (Å²) in [5, 5.41) is 3.71. The van der Waals surface area contributed by atoms with Gasteiger partial charge in [0.05, 0.1) is 17.0 Å². The summed E-state index contributed by atoms with van der Waals surface area (Å²) in [5.74, 6) is 1.48. The fraction of sp³-hybridized carbons (Fsp3) is 0.529. The van der Waals surface area contributed by atoms with Crippen molar-refractivity contribution < 1.29 is 4.79 Å². The van der Waals surface area contributed by atoms with Crippen LogP contribution in [0.5, 0.6) is 0 Å². The molecular weight excluding hydrogens is 452 g/mol. The van der Waals surface area contributed by atoms with E-state index < -0.39 is 5.41 Å². The fourth-order valence-corrected chi connectivity index (χ4v) is 4.79. The molecule has 0 aliphatic carbocycles. The molecule has 202 valence electrons. The summed E-state index contributed by atoms with van der Waals surface area (Å²) in [6.07, 6.45) is 0. The molecule has 0 saturated carbocycles. The second-order valence-corrected chi connectivity index (χ2v) is 12.6. The van der Waals surface area contributed by atoms with E-state index in [1.54, 1.807) is 0 Å². The smallest absolute Gasteiger partial charge is 0.171 e. The summed E-state index contributed by atoms with van der Waals surface area (Å²) in [6.45, 7) is 27.6. The number of rotatable bonds is 9. The zero-order valence-electron chi connectivity index (χ0n) is 25.6. The van der Waals surface area contributed by atoms with E-state index in [1.165, 1.54) is 22.3 Å². The van der Waals surface area contributed by atoms with Gasteiger partial charge in [0.1, 0.15) is 0 Å². The van der Waals surface area contributed by atoms with Gasteiger partial charge < -0.3 is 5.32 Å². The number of carbonyl (C=O) groups is 1. The molecule has 0 radical (unpaired) electrons. The molecule has 3 nitrogen and oxygen atoms in total. The Kier molecular flexibility index (Phi) is 10.1. The molecule has 0 saturated heterocycles. The van der Waals surface area contributed by atoms with Gasteiger partial charge in [-0.05, 0) is 59.8 Å². The van der Waals surface area contributed by atoms with Crippen molar-refractivity contribution in [3.8, 4) is 0 Å². The van der Waals surface area contributed by atoms with Gasteiger partial charge in [0.2, 0.25) is 0 Å². The number of nitrogens with one attached hydrogen (secondary N) is 1. The summed E-state index contributed by atoms with van der Waals surface area (Å²) in [7, 11) is 0. The molecule has 0 spiro atoms. The molecule has 0 aliphatic rings. The standard InChI is InChI=1S/C34H50N2O/c1-20(2)26-16-14-17-27(21(3)4)31(26)35-24(9)30(33(37)34(11,12)13)25(10)36-32-28(22(5)6)18-15-19-29(32)23(7)8/h14-23,35H,1-13H3/b30-24+,36-25?. The quantitative estimate of drug-likeness (QED) is 0.274. The first-order valence-corrected chi connectivity index (χ1v) is 13.9. The van der Waals surface area contributed by atoms with Crippen molar-refractivity contribution in [2.24, 2.45) is 10.4 Å². The van der Waals surface area contributed by atoms with Gasteiger partial charge in [-0.1, -0.05) is 113 Å². The van der Waals surface area contributed by atoms with Crippen molar-refractivity contribution in [1.29, 1.82) is 0 Å². The average molecular weight is 503 g/mol. The zero-order chi connectivity index (χ0) is 28.2. The van der Waals surface area contributed by atoms with Gasteiger partial charge in [0.15, 0.2) is 5.78 Å². The minimum absolute atomic E-state index is 0.0972. The van der Waals surface area contributed by atoms with Crippen LogP contribution in [0.1, 0.15) is 136 Å². The highest BCUT2D eigenvalue weighted by Gasteiger charge is 2.29. The average Bonchev–Trinajstić information content (AvgIpc) is 2.78. The molecule has 2 aromatic carbocycles. The molecule has 0 fully saturated rings. The SMILES string of the molecule is CC(=Nc1c(C(C)C)cccc1C(C)C)/C(C(=O)C(C)(C)C)=C(/C)Nc1c(C(C)C)cccc1C(C)C. The Morgan fingerprint density at radius 1 is 0.703 bits per heavy atom. The van der Waals surface area contributed by atoms with Gasteiger partial charge in [0.25, 0.3) is 0 Å². The molecule has 3 heteroatoms. The Morgan fingerprint density at radius 2 is 1.08 bits per heavy atom. The molecule has 0 amide bonds. The summed E-state index contributed by atoms with van der Waals surface area (Å²) in [4.78, 5) is 19.1. The van der Waals surface area contributed by atoms with E-state index in [0.717, 1.165) is 22.8 Å². The van der Waals surface area contributed by atoms with Crippen molar-refractivity contribution in [2.45, 2.75) is 114 Å². The predicted molar refractivity (Wildman–Crippen MR) is 163 cm³/mol. The molecular formula is C34H50N2O. The van der Waals surface area contributed by atoms with Crippen molar-refractivity contribution in [3.63, 3.8) is 0 Å². The van der Waals surface area contributed by atoms with Crippen LogP contribution in [0.25, 0.3) is 0 Å². The van der Waals surface area contributed by atoms with E-state index in [4.69, 9.17) is 4.99 Å². The number of allylic oxidation sites excluding steroid dienone is 2. The van der Waals surface area contributed by atoms with Crippen molar-refractivity contribution in [1.82, 2.24) is 0 Å². The fourth-order valence-electron chi connectivity index (χ4n) is 4.79. The Hall–Kier alpha value is -2.68. The third kappa shape index (κ3) is 7.21. The van der Waals surface area contributed by atoms with E-state index >= 15 is 0 Å². The predicted octanol–water partition coefficient (Wildman–Crippen LogP) is 10.3. The van der Waals surface area contributed by atoms with Crippen molar-refractivity contribution >= 4 is 22.9 Å². The van der Waals surface area contributed by atoms with Crippen molar-refractivity contribution in [3.05, 3.63) is 69.9 Å². The molecule has 0 heterocycles. The number of ketones is 1. The maximum Gasteiger partial charge on any atom is 0.171 e. The number of benzene rings is 2. The number of anilines is 1. The topological polar surface area (TPSA) is 41.5 Å². The van der Waals surface area contributed by atoms with Crippen LogP contribution in [0.3, 0.4) is 0 Å². The second-order valence-electron chi connectivity index (χ2n) is 12.6. The molecule has 0 atom stereocenters. The van der Waals surface area contributed by atoms with E-state index in [-0.39, 0.29) is 5.78 Å². The lowest BCUT2D eigenvalue weighted by molar-refractivity contribution is -0.121. The highest BCUT2D eigenvalue weighted by Crippen LogP contribution is 2.37. The maximum atomic E-state index is 13.9.